The molecule has 6 heteroatoms. The van der Waals surface area contributed by atoms with E-state index >= 15 is 0 Å². The van der Waals surface area contributed by atoms with Gasteiger partial charge in [0, 0.05) is 32.2 Å². The van der Waals surface area contributed by atoms with E-state index in [1.165, 1.54) is 6.42 Å². The van der Waals surface area contributed by atoms with Crippen LogP contribution in [0.1, 0.15) is 39.0 Å². The first-order valence-electron chi connectivity index (χ1n) is 7.68. The molecule has 114 valence electrons. The van der Waals surface area contributed by atoms with Gasteiger partial charge in [0.2, 0.25) is 0 Å². The summed E-state index contributed by atoms with van der Waals surface area (Å²) < 4.78 is 4.98. The van der Waals surface area contributed by atoms with Gasteiger partial charge < -0.3 is 19.9 Å². The smallest absolute Gasteiger partial charge is 0.409 e. The quantitative estimate of drug-likeness (QED) is 0.840. The summed E-state index contributed by atoms with van der Waals surface area (Å²) in [5, 5.41) is 3.09. The number of likely N-dealkylation sites (tertiary alicyclic amines) is 2. The first-order valence-corrected chi connectivity index (χ1v) is 7.68. The van der Waals surface area contributed by atoms with Gasteiger partial charge in [0.15, 0.2) is 0 Å². The lowest BCUT2D eigenvalue weighted by Gasteiger charge is -2.34. The number of carbonyl (C=O) groups is 2. The summed E-state index contributed by atoms with van der Waals surface area (Å²) >= 11 is 0. The number of carbonyl (C=O) groups excluding carboxylic acids is 2. The minimum atomic E-state index is -0.242. The van der Waals surface area contributed by atoms with Crippen molar-refractivity contribution < 1.29 is 14.3 Å². The molecule has 2 aliphatic rings. The number of piperidine rings is 2. The Morgan fingerprint density at radius 2 is 1.70 bits per heavy atom. The topological polar surface area (TPSA) is 61.9 Å². The molecule has 0 aromatic carbocycles. The summed E-state index contributed by atoms with van der Waals surface area (Å²) in [5.74, 6) is 0. The van der Waals surface area contributed by atoms with Crippen LogP contribution in [0.4, 0.5) is 9.59 Å². The molecule has 0 aromatic heterocycles. The van der Waals surface area contributed by atoms with Crippen LogP contribution in [0.3, 0.4) is 0 Å². The van der Waals surface area contributed by atoms with E-state index in [1.54, 1.807) is 4.90 Å². The predicted octanol–water partition coefficient (Wildman–Crippen LogP) is 1.80. The molecule has 0 aromatic rings. The minimum absolute atomic E-state index is 0.0549. The van der Waals surface area contributed by atoms with E-state index in [0.717, 1.165) is 38.8 Å². The Bertz CT molecular complexity index is 335. The first kappa shape index (κ1) is 14.9. The minimum Gasteiger partial charge on any atom is -0.450 e. The highest BCUT2D eigenvalue weighted by atomic mass is 16.6. The molecule has 2 rings (SSSR count). The fourth-order valence-corrected chi connectivity index (χ4v) is 2.78. The van der Waals surface area contributed by atoms with Gasteiger partial charge in [-0.2, -0.15) is 0 Å². The molecular weight excluding hydrogens is 258 g/mol. The summed E-state index contributed by atoms with van der Waals surface area (Å²) in [5.41, 5.74) is 0. The first-order chi connectivity index (χ1) is 9.70. The van der Waals surface area contributed by atoms with Crippen LogP contribution in [0.25, 0.3) is 0 Å². The van der Waals surface area contributed by atoms with Crippen LogP contribution in [0.5, 0.6) is 0 Å². The Morgan fingerprint density at radius 1 is 1.05 bits per heavy atom. The predicted molar refractivity (Wildman–Crippen MR) is 75.6 cm³/mol. The molecule has 0 bridgehead atoms. The zero-order valence-electron chi connectivity index (χ0n) is 12.3. The average molecular weight is 283 g/mol. The molecule has 6 nitrogen and oxygen atoms in total. The molecule has 2 fully saturated rings. The Kier molecular flexibility index (Phi) is 5.49. The number of urea groups is 1. The summed E-state index contributed by atoms with van der Waals surface area (Å²) in [6.07, 6.45) is 4.80. The van der Waals surface area contributed by atoms with Gasteiger partial charge >= 0.3 is 12.1 Å². The molecule has 0 aliphatic carbocycles. The maximum Gasteiger partial charge on any atom is 0.409 e. The molecule has 2 heterocycles. The van der Waals surface area contributed by atoms with Gasteiger partial charge in [0.25, 0.3) is 0 Å². The van der Waals surface area contributed by atoms with Gasteiger partial charge in [0.05, 0.1) is 6.61 Å². The van der Waals surface area contributed by atoms with E-state index in [2.05, 4.69) is 5.32 Å². The summed E-state index contributed by atoms with van der Waals surface area (Å²) in [4.78, 5) is 27.3. The van der Waals surface area contributed by atoms with Crippen molar-refractivity contribution in [1.29, 1.82) is 0 Å². The lowest BCUT2D eigenvalue weighted by atomic mass is 10.1. The Hall–Kier alpha value is -1.46. The van der Waals surface area contributed by atoms with Crippen LogP contribution in [0, 0.1) is 0 Å². The van der Waals surface area contributed by atoms with E-state index in [1.807, 2.05) is 11.8 Å². The fraction of sp³-hybridized carbons (Fsp3) is 0.857. The average Bonchev–Trinajstić information content (AvgIpc) is 2.49. The second-order valence-electron chi connectivity index (χ2n) is 5.46. The monoisotopic (exact) mass is 283 g/mol. The van der Waals surface area contributed by atoms with Gasteiger partial charge in [0.1, 0.15) is 0 Å². The molecule has 0 saturated carbocycles. The number of hydrogen-bond acceptors (Lipinski definition) is 3. The molecule has 0 spiro atoms. The summed E-state index contributed by atoms with van der Waals surface area (Å²) in [6, 6.07) is 0.231. The van der Waals surface area contributed by atoms with Crippen LogP contribution < -0.4 is 5.32 Å². The lowest BCUT2D eigenvalue weighted by Crippen LogP contribution is -2.51. The van der Waals surface area contributed by atoms with Gasteiger partial charge in [-0.15, -0.1) is 0 Å². The highest BCUT2D eigenvalue weighted by Gasteiger charge is 2.26. The third-order valence-electron chi connectivity index (χ3n) is 3.99. The number of amides is 3. The molecule has 20 heavy (non-hydrogen) atoms. The van der Waals surface area contributed by atoms with Crippen molar-refractivity contribution in [1.82, 2.24) is 15.1 Å². The highest BCUT2D eigenvalue weighted by molar-refractivity contribution is 5.74. The van der Waals surface area contributed by atoms with Gasteiger partial charge in [-0.25, -0.2) is 9.59 Å². The molecule has 0 unspecified atom stereocenters. The van der Waals surface area contributed by atoms with E-state index in [4.69, 9.17) is 4.74 Å². The van der Waals surface area contributed by atoms with Crippen molar-refractivity contribution in [2.24, 2.45) is 0 Å². The van der Waals surface area contributed by atoms with Gasteiger partial charge in [-0.3, -0.25) is 0 Å². The van der Waals surface area contributed by atoms with Crippen molar-refractivity contribution in [3.05, 3.63) is 0 Å². The molecule has 0 radical (unpaired) electrons. The largest absolute Gasteiger partial charge is 0.450 e. The Morgan fingerprint density at radius 3 is 2.30 bits per heavy atom. The zero-order valence-corrected chi connectivity index (χ0v) is 12.3. The van der Waals surface area contributed by atoms with Crippen LogP contribution >= 0.6 is 0 Å². The lowest BCUT2D eigenvalue weighted by molar-refractivity contribution is 0.0949. The number of nitrogens with zero attached hydrogens (tertiary/aromatic N) is 2. The molecule has 3 amide bonds. The maximum absolute atomic E-state index is 12.1. The number of nitrogens with one attached hydrogen (secondary N) is 1. The molecular formula is C14H25N3O3. The molecule has 1 N–H and O–H groups in total. The summed E-state index contributed by atoms with van der Waals surface area (Å²) in [6.45, 7) is 5.27. The number of hydrogen-bond donors (Lipinski definition) is 1. The van der Waals surface area contributed by atoms with Gasteiger partial charge in [-0.05, 0) is 39.0 Å². The van der Waals surface area contributed by atoms with Crippen molar-refractivity contribution in [2.45, 2.75) is 45.1 Å². The van der Waals surface area contributed by atoms with Crippen LogP contribution in [0.15, 0.2) is 0 Å². The normalized spacial score (nSPS) is 20.6. The fourth-order valence-electron chi connectivity index (χ4n) is 2.78. The van der Waals surface area contributed by atoms with E-state index in [0.29, 0.717) is 19.7 Å². The summed E-state index contributed by atoms with van der Waals surface area (Å²) in [7, 11) is 0. The van der Waals surface area contributed by atoms with E-state index in [-0.39, 0.29) is 18.2 Å². The second kappa shape index (κ2) is 7.36. The SMILES string of the molecule is CCOC(=O)N1CCC(NC(=O)N2CCCCC2)CC1. The van der Waals surface area contributed by atoms with Crippen molar-refractivity contribution in [3.8, 4) is 0 Å². The molecule has 2 aliphatic heterocycles. The van der Waals surface area contributed by atoms with Crippen LogP contribution in [0.2, 0.25) is 0 Å². The number of ether oxygens (including phenoxy) is 1. The van der Waals surface area contributed by atoms with E-state index in [9.17, 15) is 9.59 Å². The zero-order chi connectivity index (χ0) is 14.4. The highest BCUT2D eigenvalue weighted by Crippen LogP contribution is 2.13. The third-order valence-corrected chi connectivity index (χ3v) is 3.99. The van der Waals surface area contributed by atoms with E-state index < -0.39 is 0 Å². The van der Waals surface area contributed by atoms with Crippen molar-refractivity contribution in [3.63, 3.8) is 0 Å². The molecule has 0 atom stereocenters. The second-order valence-corrected chi connectivity index (χ2v) is 5.46. The van der Waals surface area contributed by atoms with Crippen LogP contribution in [-0.2, 0) is 4.74 Å². The van der Waals surface area contributed by atoms with Crippen LogP contribution in [-0.4, -0.2) is 60.8 Å². The molecule has 2 saturated heterocycles. The van der Waals surface area contributed by atoms with Crippen molar-refractivity contribution in [2.75, 3.05) is 32.8 Å². The maximum atomic E-state index is 12.1. The Balaban J connectivity index is 1.71. The number of rotatable bonds is 2. The Labute approximate surface area is 120 Å². The van der Waals surface area contributed by atoms with Gasteiger partial charge in [-0.1, -0.05) is 0 Å². The standard InChI is InChI=1S/C14H25N3O3/c1-2-20-14(19)17-10-6-12(7-11-17)15-13(18)16-8-4-3-5-9-16/h12H,2-11H2,1H3,(H,15,18). The van der Waals surface area contributed by atoms with Crippen molar-refractivity contribution >= 4 is 12.1 Å². The third kappa shape index (κ3) is 4.02.